The van der Waals surface area contributed by atoms with Gasteiger partial charge in [-0.25, -0.2) is 4.79 Å². The Morgan fingerprint density at radius 2 is 2.10 bits per heavy atom. The highest BCUT2D eigenvalue weighted by Crippen LogP contribution is 2.39. The van der Waals surface area contributed by atoms with Gasteiger partial charge >= 0.3 is 5.97 Å². The first kappa shape index (κ1) is 14.8. The van der Waals surface area contributed by atoms with E-state index in [2.05, 4.69) is 6.08 Å². The molecule has 21 heavy (non-hydrogen) atoms. The molecule has 0 N–H and O–H groups in total. The minimum Gasteiger partial charge on any atom is -0.465 e. The van der Waals surface area contributed by atoms with Gasteiger partial charge in [-0.3, -0.25) is 0 Å². The lowest BCUT2D eigenvalue weighted by Crippen LogP contribution is -2.34. The van der Waals surface area contributed by atoms with Gasteiger partial charge in [0.2, 0.25) is 0 Å². The van der Waals surface area contributed by atoms with Crippen molar-refractivity contribution >= 4 is 23.4 Å². The quantitative estimate of drug-likeness (QED) is 0.802. The van der Waals surface area contributed by atoms with Crippen LogP contribution in [0.3, 0.4) is 0 Å². The minimum atomic E-state index is -0.302. The number of thiophene rings is 1. The van der Waals surface area contributed by atoms with E-state index in [1.165, 1.54) is 18.4 Å². The molecule has 1 spiro atoms. The second-order valence-corrected chi connectivity index (χ2v) is 6.42. The van der Waals surface area contributed by atoms with Crippen molar-refractivity contribution in [2.75, 3.05) is 20.3 Å². The second kappa shape index (κ2) is 6.30. The third-order valence-corrected chi connectivity index (χ3v) is 5.13. The summed E-state index contributed by atoms with van der Waals surface area (Å²) in [4.78, 5) is 12.3. The number of methoxy groups -OCH3 is 1. The predicted molar refractivity (Wildman–Crippen MR) is 81.3 cm³/mol. The van der Waals surface area contributed by atoms with Crippen molar-refractivity contribution in [2.24, 2.45) is 5.92 Å². The Hall–Kier alpha value is -1.17. The number of hydrogen-bond donors (Lipinski definition) is 0. The molecule has 3 rings (SSSR count). The Balaban J connectivity index is 1.60. The van der Waals surface area contributed by atoms with Crippen LogP contribution in [0, 0.1) is 5.92 Å². The highest BCUT2D eigenvalue weighted by molar-refractivity contribution is 7.12. The second-order valence-electron chi connectivity index (χ2n) is 5.50. The van der Waals surface area contributed by atoms with Crippen molar-refractivity contribution in [1.29, 1.82) is 0 Å². The fourth-order valence-electron chi connectivity index (χ4n) is 3.01. The maximum Gasteiger partial charge on any atom is 0.348 e. The molecule has 1 aliphatic carbocycles. The normalized spacial score (nSPS) is 22.1. The molecule has 1 aromatic heterocycles. The van der Waals surface area contributed by atoms with Crippen LogP contribution in [0.5, 0.6) is 0 Å². The number of allylic oxidation sites excluding steroid dienone is 1. The van der Waals surface area contributed by atoms with Gasteiger partial charge in [-0.2, -0.15) is 0 Å². The van der Waals surface area contributed by atoms with E-state index in [1.807, 2.05) is 17.5 Å². The largest absolute Gasteiger partial charge is 0.465 e. The summed E-state index contributed by atoms with van der Waals surface area (Å²) in [5.74, 6) is -0.0435. The van der Waals surface area contributed by atoms with Crippen LogP contribution in [0.1, 0.15) is 40.9 Å². The molecule has 0 bridgehead atoms. The SMILES string of the molecule is COC(=O)c1sccc1/C=C\C1CCC2(CC1)OCCO2. The number of ether oxygens (including phenoxy) is 3. The van der Waals surface area contributed by atoms with Crippen LogP contribution in [0.15, 0.2) is 17.5 Å². The zero-order valence-corrected chi connectivity index (χ0v) is 13.0. The molecule has 1 saturated carbocycles. The maximum atomic E-state index is 11.6. The maximum absolute atomic E-state index is 11.6. The minimum absolute atomic E-state index is 0.264. The lowest BCUT2D eigenvalue weighted by molar-refractivity contribution is -0.180. The van der Waals surface area contributed by atoms with Crippen molar-refractivity contribution in [3.05, 3.63) is 28.0 Å². The van der Waals surface area contributed by atoms with Crippen molar-refractivity contribution in [2.45, 2.75) is 31.5 Å². The van der Waals surface area contributed by atoms with Gasteiger partial charge in [0.25, 0.3) is 0 Å². The number of rotatable bonds is 3. The van der Waals surface area contributed by atoms with E-state index in [-0.39, 0.29) is 11.8 Å². The average Bonchev–Trinajstić information content (AvgIpc) is 3.16. The third kappa shape index (κ3) is 3.20. The van der Waals surface area contributed by atoms with Crippen LogP contribution in [0.4, 0.5) is 0 Å². The van der Waals surface area contributed by atoms with Crippen LogP contribution in [0.2, 0.25) is 0 Å². The number of carbonyl (C=O) groups is 1. The Morgan fingerprint density at radius 1 is 1.38 bits per heavy atom. The van der Waals surface area contributed by atoms with Crippen LogP contribution in [0.25, 0.3) is 6.08 Å². The summed E-state index contributed by atoms with van der Waals surface area (Å²) in [5, 5.41) is 1.92. The fourth-order valence-corrected chi connectivity index (χ4v) is 3.81. The van der Waals surface area contributed by atoms with Crippen LogP contribution in [-0.2, 0) is 14.2 Å². The van der Waals surface area contributed by atoms with Gasteiger partial charge in [0.15, 0.2) is 5.79 Å². The summed E-state index contributed by atoms with van der Waals surface area (Å²) < 4.78 is 16.3. The van der Waals surface area contributed by atoms with E-state index in [0.717, 1.165) is 44.5 Å². The molecule has 0 radical (unpaired) electrons. The summed E-state index contributed by atoms with van der Waals surface area (Å²) in [7, 11) is 1.41. The van der Waals surface area contributed by atoms with Crippen molar-refractivity contribution in [3.8, 4) is 0 Å². The summed E-state index contributed by atoms with van der Waals surface area (Å²) >= 11 is 1.42. The van der Waals surface area contributed by atoms with E-state index in [9.17, 15) is 4.79 Å². The molecule has 0 atom stereocenters. The number of carbonyl (C=O) groups excluding carboxylic acids is 1. The van der Waals surface area contributed by atoms with E-state index in [1.54, 1.807) is 0 Å². The predicted octanol–water partition coefficient (Wildman–Crippen LogP) is 3.48. The van der Waals surface area contributed by atoms with Gasteiger partial charge in [0.1, 0.15) is 4.88 Å². The molecule has 0 aromatic carbocycles. The van der Waals surface area contributed by atoms with Gasteiger partial charge in [0, 0.05) is 12.8 Å². The van der Waals surface area contributed by atoms with Crippen molar-refractivity contribution < 1.29 is 19.0 Å². The zero-order valence-electron chi connectivity index (χ0n) is 12.2. The van der Waals surface area contributed by atoms with Crippen LogP contribution < -0.4 is 0 Å². The van der Waals surface area contributed by atoms with Crippen LogP contribution in [-0.4, -0.2) is 32.1 Å². The van der Waals surface area contributed by atoms with E-state index >= 15 is 0 Å². The highest BCUT2D eigenvalue weighted by Gasteiger charge is 2.39. The molecule has 5 heteroatoms. The molecule has 114 valence electrons. The first-order valence-electron chi connectivity index (χ1n) is 7.34. The Kier molecular flexibility index (Phi) is 4.42. The molecule has 1 aromatic rings. The first-order valence-corrected chi connectivity index (χ1v) is 8.22. The zero-order chi connectivity index (χ0) is 14.7. The lowest BCUT2D eigenvalue weighted by atomic mass is 9.84. The Bertz CT molecular complexity index is 518. The number of hydrogen-bond acceptors (Lipinski definition) is 5. The van der Waals surface area contributed by atoms with Gasteiger partial charge in [0.05, 0.1) is 20.3 Å². The van der Waals surface area contributed by atoms with Crippen molar-refractivity contribution in [1.82, 2.24) is 0 Å². The molecule has 2 aliphatic rings. The third-order valence-electron chi connectivity index (χ3n) is 4.22. The van der Waals surface area contributed by atoms with E-state index in [0.29, 0.717) is 10.8 Å². The smallest absolute Gasteiger partial charge is 0.348 e. The first-order chi connectivity index (χ1) is 10.2. The monoisotopic (exact) mass is 308 g/mol. The summed E-state index contributed by atoms with van der Waals surface area (Å²) in [6.45, 7) is 1.44. The summed E-state index contributed by atoms with van der Waals surface area (Å²) in [6, 6.07) is 1.96. The number of esters is 1. The van der Waals surface area contributed by atoms with E-state index < -0.39 is 0 Å². The standard InChI is InChI=1S/C16H20O4S/c1-18-15(17)14-13(6-11-21-14)3-2-12-4-7-16(8-5-12)19-9-10-20-16/h2-3,6,11-12H,4-5,7-10H2,1H3/b3-2-. The van der Waals surface area contributed by atoms with Crippen molar-refractivity contribution in [3.63, 3.8) is 0 Å². The summed E-state index contributed by atoms with van der Waals surface area (Å²) in [6.07, 6.45) is 8.28. The summed E-state index contributed by atoms with van der Waals surface area (Å²) in [5.41, 5.74) is 0.945. The fraction of sp³-hybridized carbons (Fsp3) is 0.562. The molecule has 2 fully saturated rings. The van der Waals surface area contributed by atoms with Crippen LogP contribution >= 0.6 is 11.3 Å². The molecular weight excluding hydrogens is 288 g/mol. The Labute approximate surface area is 128 Å². The molecule has 4 nitrogen and oxygen atoms in total. The molecular formula is C16H20O4S. The molecule has 1 aliphatic heterocycles. The van der Waals surface area contributed by atoms with Gasteiger partial charge in [-0.05, 0) is 35.8 Å². The van der Waals surface area contributed by atoms with E-state index in [4.69, 9.17) is 14.2 Å². The topological polar surface area (TPSA) is 44.8 Å². The molecule has 1 saturated heterocycles. The molecule has 0 amide bonds. The highest BCUT2D eigenvalue weighted by atomic mass is 32.1. The van der Waals surface area contributed by atoms with Gasteiger partial charge in [-0.15, -0.1) is 11.3 Å². The molecule has 0 unspecified atom stereocenters. The lowest BCUT2D eigenvalue weighted by Gasteiger charge is -2.34. The van der Waals surface area contributed by atoms with Gasteiger partial charge < -0.3 is 14.2 Å². The average molecular weight is 308 g/mol. The molecule has 2 heterocycles. The van der Waals surface area contributed by atoms with Gasteiger partial charge in [-0.1, -0.05) is 12.2 Å². The Morgan fingerprint density at radius 3 is 2.76 bits per heavy atom.